The third-order valence-corrected chi connectivity index (χ3v) is 1.98. The van der Waals surface area contributed by atoms with Crippen LogP contribution in [-0.2, 0) is 4.57 Å². The summed E-state index contributed by atoms with van der Waals surface area (Å²) in [6, 6.07) is 0. The smallest absolute Gasteiger partial charge is 0.324 e. The first-order valence-corrected chi connectivity index (χ1v) is 4.97. The van der Waals surface area contributed by atoms with Gasteiger partial charge in [0.1, 0.15) is 0 Å². The van der Waals surface area contributed by atoms with Gasteiger partial charge in [-0.15, -0.1) is 0 Å². The SMILES string of the molecule is CN(Cl)CCCP(=O)(O)O. The zero-order valence-corrected chi connectivity index (χ0v) is 7.35. The molecule has 0 spiro atoms. The molecule has 0 aliphatic heterocycles. The number of hydrogen-bond acceptors (Lipinski definition) is 2. The average Bonchev–Trinajstić information content (AvgIpc) is 1.59. The van der Waals surface area contributed by atoms with E-state index in [2.05, 4.69) is 0 Å². The van der Waals surface area contributed by atoms with Gasteiger partial charge in [0.05, 0.1) is 6.16 Å². The van der Waals surface area contributed by atoms with Crippen LogP contribution >= 0.6 is 19.4 Å². The number of hydrogen-bond donors (Lipinski definition) is 2. The first-order valence-electron chi connectivity index (χ1n) is 2.83. The Balaban J connectivity index is 3.30. The molecule has 0 saturated heterocycles. The summed E-state index contributed by atoms with van der Waals surface area (Å²) in [6.45, 7) is 0.493. The molecule has 6 heteroatoms. The molecular weight excluding hydrogens is 176 g/mol. The van der Waals surface area contributed by atoms with Crippen LogP contribution in [0.1, 0.15) is 6.42 Å². The van der Waals surface area contributed by atoms with Crippen molar-refractivity contribution in [3.63, 3.8) is 0 Å². The Labute approximate surface area is 65.1 Å². The monoisotopic (exact) mass is 187 g/mol. The van der Waals surface area contributed by atoms with E-state index in [1.165, 1.54) is 4.42 Å². The summed E-state index contributed by atoms with van der Waals surface area (Å²) in [7, 11) is -2.17. The van der Waals surface area contributed by atoms with Crippen molar-refractivity contribution in [3.8, 4) is 0 Å². The van der Waals surface area contributed by atoms with Crippen LogP contribution in [0.5, 0.6) is 0 Å². The van der Waals surface area contributed by atoms with Gasteiger partial charge in [0.25, 0.3) is 0 Å². The predicted molar refractivity (Wildman–Crippen MR) is 40.0 cm³/mol. The van der Waals surface area contributed by atoms with Crippen molar-refractivity contribution in [2.45, 2.75) is 6.42 Å². The van der Waals surface area contributed by atoms with E-state index in [-0.39, 0.29) is 6.16 Å². The molecule has 0 aromatic heterocycles. The molecule has 0 amide bonds. The molecule has 0 aromatic rings. The summed E-state index contributed by atoms with van der Waals surface area (Å²) in [5.41, 5.74) is 0. The first kappa shape index (κ1) is 10.4. The Kier molecular flexibility index (Phi) is 4.49. The third kappa shape index (κ3) is 8.40. The fraction of sp³-hybridized carbons (Fsp3) is 1.00. The fourth-order valence-electron chi connectivity index (χ4n) is 0.495. The molecule has 0 atom stereocenters. The summed E-state index contributed by atoms with van der Waals surface area (Å²) in [4.78, 5) is 16.8. The van der Waals surface area contributed by atoms with Crippen LogP contribution in [0.3, 0.4) is 0 Å². The molecule has 0 saturated carbocycles. The minimum Gasteiger partial charge on any atom is -0.324 e. The summed E-state index contributed by atoms with van der Waals surface area (Å²) in [6.07, 6.45) is 0.328. The maximum atomic E-state index is 10.2. The van der Waals surface area contributed by atoms with E-state index in [9.17, 15) is 4.57 Å². The van der Waals surface area contributed by atoms with Gasteiger partial charge in [-0.25, -0.2) is 4.42 Å². The van der Waals surface area contributed by atoms with Crippen molar-refractivity contribution in [2.24, 2.45) is 0 Å². The summed E-state index contributed by atoms with van der Waals surface area (Å²) in [5.74, 6) is 0. The second-order valence-electron chi connectivity index (χ2n) is 2.07. The van der Waals surface area contributed by atoms with Crippen molar-refractivity contribution in [2.75, 3.05) is 19.8 Å². The maximum Gasteiger partial charge on any atom is 0.325 e. The zero-order chi connectivity index (χ0) is 8.20. The van der Waals surface area contributed by atoms with E-state index in [0.717, 1.165) is 0 Å². The van der Waals surface area contributed by atoms with E-state index in [4.69, 9.17) is 21.6 Å². The van der Waals surface area contributed by atoms with Crippen molar-refractivity contribution in [1.29, 1.82) is 0 Å². The van der Waals surface area contributed by atoms with Crippen LogP contribution in [0.4, 0.5) is 0 Å². The summed E-state index contributed by atoms with van der Waals surface area (Å²) < 4.78 is 11.6. The van der Waals surface area contributed by atoms with Crippen LogP contribution in [0, 0.1) is 0 Å². The molecule has 0 bridgehead atoms. The minimum absolute atomic E-state index is 0.0932. The zero-order valence-electron chi connectivity index (χ0n) is 5.70. The van der Waals surface area contributed by atoms with Crippen LogP contribution in [0.25, 0.3) is 0 Å². The highest BCUT2D eigenvalue weighted by Gasteiger charge is 2.11. The topological polar surface area (TPSA) is 60.8 Å². The van der Waals surface area contributed by atoms with Crippen LogP contribution in [0.2, 0.25) is 0 Å². The number of halogens is 1. The Morgan fingerprint density at radius 3 is 2.40 bits per heavy atom. The van der Waals surface area contributed by atoms with E-state index < -0.39 is 7.60 Å². The van der Waals surface area contributed by atoms with Gasteiger partial charge in [-0.3, -0.25) is 4.57 Å². The molecule has 0 aliphatic carbocycles. The van der Waals surface area contributed by atoms with Gasteiger partial charge >= 0.3 is 7.60 Å². The molecule has 0 radical (unpaired) electrons. The molecule has 0 fully saturated rings. The van der Waals surface area contributed by atoms with Crippen LogP contribution in [0.15, 0.2) is 0 Å². The molecule has 0 aromatic carbocycles. The normalized spacial score (nSPS) is 12.5. The lowest BCUT2D eigenvalue weighted by Crippen LogP contribution is -2.07. The highest BCUT2D eigenvalue weighted by molar-refractivity contribution is 7.51. The molecule has 4 nitrogen and oxygen atoms in total. The molecule has 10 heavy (non-hydrogen) atoms. The average molecular weight is 188 g/mol. The maximum absolute atomic E-state index is 10.2. The minimum atomic E-state index is -3.81. The van der Waals surface area contributed by atoms with Gasteiger partial charge in [0, 0.05) is 13.6 Å². The highest BCUT2D eigenvalue weighted by atomic mass is 35.5. The molecule has 2 N–H and O–H groups in total. The van der Waals surface area contributed by atoms with Crippen molar-refractivity contribution in [3.05, 3.63) is 0 Å². The molecule has 0 unspecified atom stereocenters. The predicted octanol–water partition coefficient (Wildman–Crippen LogP) is 0.640. The quantitative estimate of drug-likeness (QED) is 0.501. The van der Waals surface area contributed by atoms with Gasteiger partial charge in [0.2, 0.25) is 0 Å². The van der Waals surface area contributed by atoms with Crippen molar-refractivity contribution in [1.82, 2.24) is 4.42 Å². The second kappa shape index (κ2) is 4.31. The van der Waals surface area contributed by atoms with E-state index >= 15 is 0 Å². The molecule has 0 rings (SSSR count). The van der Waals surface area contributed by atoms with Gasteiger partial charge in [-0.1, -0.05) is 0 Å². The van der Waals surface area contributed by atoms with Crippen LogP contribution in [-0.4, -0.2) is 34.0 Å². The van der Waals surface area contributed by atoms with Crippen molar-refractivity contribution < 1.29 is 14.4 Å². The lowest BCUT2D eigenvalue weighted by Gasteiger charge is -2.06. The molecule has 0 aliphatic rings. The largest absolute Gasteiger partial charge is 0.325 e. The van der Waals surface area contributed by atoms with E-state index in [1.807, 2.05) is 0 Å². The van der Waals surface area contributed by atoms with E-state index in [0.29, 0.717) is 13.0 Å². The third-order valence-electron chi connectivity index (χ3n) is 0.916. The first-order chi connectivity index (χ1) is 4.42. The highest BCUT2D eigenvalue weighted by Crippen LogP contribution is 2.34. The van der Waals surface area contributed by atoms with Crippen molar-refractivity contribution >= 4 is 19.4 Å². The Bertz CT molecular complexity index is 134. The van der Waals surface area contributed by atoms with Gasteiger partial charge in [-0.2, -0.15) is 0 Å². The van der Waals surface area contributed by atoms with Gasteiger partial charge in [0.15, 0.2) is 0 Å². The lowest BCUT2D eigenvalue weighted by molar-refractivity contribution is 0.369. The fourth-order valence-corrected chi connectivity index (χ4v) is 1.17. The lowest BCUT2D eigenvalue weighted by atomic mass is 10.5. The number of nitrogens with zero attached hydrogens (tertiary/aromatic N) is 1. The van der Waals surface area contributed by atoms with E-state index in [1.54, 1.807) is 7.05 Å². The Hall–Kier alpha value is 0.400. The Morgan fingerprint density at radius 2 is 2.10 bits per heavy atom. The second-order valence-corrected chi connectivity index (χ2v) is 4.42. The summed E-state index contributed by atoms with van der Waals surface area (Å²) in [5, 5.41) is 0. The van der Waals surface area contributed by atoms with Crippen LogP contribution < -0.4 is 0 Å². The Morgan fingerprint density at radius 1 is 1.60 bits per heavy atom. The number of rotatable bonds is 4. The van der Waals surface area contributed by atoms with Gasteiger partial charge in [-0.05, 0) is 18.2 Å². The molecule has 62 valence electrons. The molecule has 0 heterocycles. The standard InChI is InChI=1S/C4H11ClNO3P/c1-6(5)3-2-4-10(7,8)9/h2-4H2,1H3,(H2,7,8,9). The summed E-state index contributed by atoms with van der Waals surface area (Å²) >= 11 is 5.39. The molecular formula is C4H11ClNO3P. The van der Waals surface area contributed by atoms with Gasteiger partial charge < -0.3 is 9.79 Å².